The first-order valence-electron chi connectivity index (χ1n) is 6.70. The summed E-state index contributed by atoms with van der Waals surface area (Å²) >= 11 is 0. The van der Waals surface area contributed by atoms with E-state index in [2.05, 4.69) is 5.32 Å². The number of methoxy groups -OCH3 is 1. The maximum atomic E-state index is 11.9. The number of hydrogen-bond acceptors (Lipinski definition) is 3. The molecule has 0 saturated carbocycles. The van der Waals surface area contributed by atoms with Crippen LogP contribution in [-0.4, -0.2) is 36.9 Å². The fraction of sp³-hybridized carbons (Fsp3) is 0.467. The second-order valence-corrected chi connectivity index (χ2v) is 4.78. The van der Waals surface area contributed by atoms with Gasteiger partial charge in [0.25, 0.3) is 0 Å². The molecule has 1 aromatic rings. The Morgan fingerprint density at radius 2 is 1.85 bits per heavy atom. The number of amides is 2. The van der Waals surface area contributed by atoms with Crippen LogP contribution in [0.1, 0.15) is 20.8 Å². The van der Waals surface area contributed by atoms with Crippen LogP contribution in [0.4, 0.5) is 5.69 Å². The van der Waals surface area contributed by atoms with Gasteiger partial charge in [0, 0.05) is 18.2 Å². The van der Waals surface area contributed by atoms with Crippen molar-refractivity contribution in [2.24, 2.45) is 5.92 Å². The summed E-state index contributed by atoms with van der Waals surface area (Å²) < 4.78 is 5.05. The molecule has 0 unspecified atom stereocenters. The van der Waals surface area contributed by atoms with Crippen LogP contribution in [0.25, 0.3) is 0 Å². The normalized spacial score (nSPS) is 10.2. The lowest BCUT2D eigenvalue weighted by molar-refractivity contribution is -0.137. The van der Waals surface area contributed by atoms with Crippen molar-refractivity contribution in [3.05, 3.63) is 24.3 Å². The maximum absolute atomic E-state index is 11.9. The number of hydrogen-bond donors (Lipinski definition) is 1. The van der Waals surface area contributed by atoms with Gasteiger partial charge in [0.2, 0.25) is 11.8 Å². The molecule has 0 spiro atoms. The van der Waals surface area contributed by atoms with Crippen LogP contribution < -0.4 is 10.1 Å². The van der Waals surface area contributed by atoms with Gasteiger partial charge in [-0.25, -0.2) is 0 Å². The van der Waals surface area contributed by atoms with Crippen LogP contribution in [0.2, 0.25) is 0 Å². The average Bonchev–Trinajstić information content (AvgIpc) is 2.44. The molecule has 2 amide bonds. The predicted molar refractivity (Wildman–Crippen MR) is 78.7 cm³/mol. The second kappa shape index (κ2) is 7.53. The summed E-state index contributed by atoms with van der Waals surface area (Å²) in [6, 6.07) is 7.06. The first-order valence-corrected chi connectivity index (χ1v) is 6.70. The minimum atomic E-state index is -0.203. The Morgan fingerprint density at radius 3 is 2.30 bits per heavy atom. The first-order chi connectivity index (χ1) is 9.47. The SMILES string of the molecule is CCN(CC(=O)Nc1ccc(OC)cc1)C(=O)C(C)C. The van der Waals surface area contributed by atoms with E-state index in [0.29, 0.717) is 12.2 Å². The average molecular weight is 278 g/mol. The molecule has 5 nitrogen and oxygen atoms in total. The van der Waals surface area contributed by atoms with E-state index in [1.54, 1.807) is 36.3 Å². The van der Waals surface area contributed by atoms with Gasteiger partial charge in [0.05, 0.1) is 13.7 Å². The molecule has 1 rings (SSSR count). The van der Waals surface area contributed by atoms with Gasteiger partial charge in [-0.1, -0.05) is 13.8 Å². The van der Waals surface area contributed by atoms with Gasteiger partial charge in [-0.05, 0) is 31.2 Å². The molecule has 0 bridgehead atoms. The number of likely N-dealkylation sites (N-methyl/N-ethyl adjacent to an activating group) is 1. The minimum absolute atomic E-state index is 0.0163. The Kier molecular flexibility index (Phi) is 6.03. The van der Waals surface area contributed by atoms with E-state index in [-0.39, 0.29) is 24.3 Å². The third kappa shape index (κ3) is 4.57. The zero-order valence-electron chi connectivity index (χ0n) is 12.5. The number of nitrogens with zero attached hydrogens (tertiary/aromatic N) is 1. The van der Waals surface area contributed by atoms with Gasteiger partial charge >= 0.3 is 0 Å². The molecule has 110 valence electrons. The molecule has 1 N–H and O–H groups in total. The monoisotopic (exact) mass is 278 g/mol. The lowest BCUT2D eigenvalue weighted by Crippen LogP contribution is -2.39. The van der Waals surface area contributed by atoms with Gasteiger partial charge in [-0.3, -0.25) is 9.59 Å². The Hall–Kier alpha value is -2.04. The van der Waals surface area contributed by atoms with Crippen molar-refractivity contribution >= 4 is 17.5 Å². The van der Waals surface area contributed by atoms with E-state index >= 15 is 0 Å². The molecule has 0 aliphatic rings. The summed E-state index contributed by atoms with van der Waals surface area (Å²) in [5.41, 5.74) is 0.684. The van der Waals surface area contributed by atoms with Gasteiger partial charge < -0.3 is 15.0 Å². The lowest BCUT2D eigenvalue weighted by atomic mass is 10.2. The molecule has 0 aliphatic heterocycles. The van der Waals surface area contributed by atoms with Gasteiger partial charge in [0.1, 0.15) is 5.75 Å². The third-order valence-electron chi connectivity index (χ3n) is 2.90. The van der Waals surface area contributed by atoms with E-state index in [1.807, 2.05) is 20.8 Å². The first kappa shape index (κ1) is 16.0. The summed E-state index contributed by atoms with van der Waals surface area (Å²) in [4.78, 5) is 25.3. The summed E-state index contributed by atoms with van der Waals surface area (Å²) in [5, 5.41) is 2.76. The van der Waals surface area contributed by atoms with Crippen molar-refractivity contribution in [1.29, 1.82) is 0 Å². The standard InChI is InChI=1S/C15H22N2O3/c1-5-17(15(19)11(2)3)10-14(18)16-12-6-8-13(20-4)9-7-12/h6-9,11H,5,10H2,1-4H3,(H,16,18). The summed E-state index contributed by atoms with van der Waals surface area (Å²) in [6.07, 6.45) is 0. The van der Waals surface area contributed by atoms with Crippen LogP contribution in [0.15, 0.2) is 24.3 Å². The number of nitrogens with one attached hydrogen (secondary N) is 1. The van der Waals surface area contributed by atoms with Crippen LogP contribution >= 0.6 is 0 Å². The van der Waals surface area contributed by atoms with E-state index in [1.165, 1.54) is 0 Å². The summed E-state index contributed by atoms with van der Waals surface area (Å²) in [6.45, 7) is 6.10. The molecule has 5 heteroatoms. The highest BCUT2D eigenvalue weighted by Crippen LogP contribution is 2.15. The van der Waals surface area contributed by atoms with Crippen molar-refractivity contribution in [2.45, 2.75) is 20.8 Å². The fourth-order valence-electron chi connectivity index (χ4n) is 1.76. The van der Waals surface area contributed by atoms with Gasteiger partial charge in [-0.2, -0.15) is 0 Å². The van der Waals surface area contributed by atoms with Crippen molar-refractivity contribution in [3.63, 3.8) is 0 Å². The molecule has 0 atom stereocenters. The molecule has 0 aliphatic carbocycles. The van der Waals surface area contributed by atoms with Crippen LogP contribution in [-0.2, 0) is 9.59 Å². The Bertz CT molecular complexity index is 455. The molecule has 1 aromatic carbocycles. The van der Waals surface area contributed by atoms with E-state index in [4.69, 9.17) is 4.74 Å². The molecule has 0 aromatic heterocycles. The maximum Gasteiger partial charge on any atom is 0.243 e. The number of carbonyl (C=O) groups is 2. The number of rotatable bonds is 6. The minimum Gasteiger partial charge on any atom is -0.497 e. The van der Waals surface area contributed by atoms with Gasteiger partial charge in [0.15, 0.2) is 0 Å². The highest BCUT2D eigenvalue weighted by Gasteiger charge is 2.18. The van der Waals surface area contributed by atoms with Crippen LogP contribution in [0, 0.1) is 5.92 Å². The molecular formula is C15H22N2O3. The number of benzene rings is 1. The van der Waals surface area contributed by atoms with E-state index < -0.39 is 0 Å². The number of carbonyl (C=O) groups excluding carboxylic acids is 2. The van der Waals surface area contributed by atoms with Crippen molar-refractivity contribution in [2.75, 3.05) is 25.5 Å². The molecule has 0 heterocycles. The van der Waals surface area contributed by atoms with E-state index in [9.17, 15) is 9.59 Å². The Labute approximate surface area is 119 Å². The second-order valence-electron chi connectivity index (χ2n) is 4.78. The molecule has 0 radical (unpaired) electrons. The quantitative estimate of drug-likeness (QED) is 0.867. The van der Waals surface area contributed by atoms with Crippen molar-refractivity contribution in [3.8, 4) is 5.75 Å². The smallest absolute Gasteiger partial charge is 0.243 e. The molecular weight excluding hydrogens is 256 g/mol. The zero-order chi connectivity index (χ0) is 15.1. The molecule has 0 saturated heterocycles. The number of ether oxygens (including phenoxy) is 1. The molecule has 0 fully saturated rings. The van der Waals surface area contributed by atoms with Crippen molar-refractivity contribution in [1.82, 2.24) is 4.90 Å². The number of anilines is 1. The Morgan fingerprint density at radius 1 is 1.25 bits per heavy atom. The largest absolute Gasteiger partial charge is 0.497 e. The highest BCUT2D eigenvalue weighted by atomic mass is 16.5. The van der Waals surface area contributed by atoms with Crippen LogP contribution in [0.3, 0.4) is 0 Å². The Balaban J connectivity index is 2.59. The summed E-state index contributed by atoms with van der Waals surface area (Å²) in [5.74, 6) is 0.403. The van der Waals surface area contributed by atoms with Crippen LogP contribution in [0.5, 0.6) is 5.75 Å². The predicted octanol–water partition coefficient (Wildman–Crippen LogP) is 2.14. The van der Waals surface area contributed by atoms with Gasteiger partial charge in [-0.15, -0.1) is 0 Å². The lowest BCUT2D eigenvalue weighted by Gasteiger charge is -2.22. The zero-order valence-corrected chi connectivity index (χ0v) is 12.5. The summed E-state index contributed by atoms with van der Waals surface area (Å²) in [7, 11) is 1.59. The topological polar surface area (TPSA) is 58.6 Å². The highest BCUT2D eigenvalue weighted by molar-refractivity contribution is 5.94. The fourth-order valence-corrected chi connectivity index (χ4v) is 1.76. The van der Waals surface area contributed by atoms with Crippen molar-refractivity contribution < 1.29 is 14.3 Å². The van der Waals surface area contributed by atoms with E-state index in [0.717, 1.165) is 5.75 Å². The third-order valence-corrected chi connectivity index (χ3v) is 2.90. The molecule has 20 heavy (non-hydrogen) atoms.